The Hall–Kier alpha value is -2.82. The molecule has 0 fully saturated rings. The van der Waals surface area contributed by atoms with Crippen LogP contribution >= 0.6 is 0 Å². The van der Waals surface area contributed by atoms with Crippen molar-refractivity contribution in [3.63, 3.8) is 0 Å². The van der Waals surface area contributed by atoms with Gasteiger partial charge in [0.2, 0.25) is 5.91 Å². The van der Waals surface area contributed by atoms with Crippen LogP contribution in [0.4, 0.5) is 0 Å². The Bertz CT molecular complexity index is 667. The lowest BCUT2D eigenvalue weighted by Gasteiger charge is -2.11. The van der Waals surface area contributed by atoms with E-state index in [0.717, 1.165) is 11.3 Å². The van der Waals surface area contributed by atoms with Crippen molar-refractivity contribution in [2.24, 2.45) is 0 Å². The largest absolute Gasteiger partial charge is 0.493 e. The van der Waals surface area contributed by atoms with Crippen LogP contribution in [0.5, 0.6) is 5.75 Å². The number of ether oxygens (including phenoxy) is 1. The van der Waals surface area contributed by atoms with E-state index in [2.05, 4.69) is 5.32 Å². The van der Waals surface area contributed by atoms with Crippen molar-refractivity contribution >= 4 is 11.8 Å². The average Bonchev–Trinajstić information content (AvgIpc) is 2.60. The molecule has 0 heterocycles. The van der Waals surface area contributed by atoms with Crippen molar-refractivity contribution in [2.45, 2.75) is 13.0 Å². The standard InChI is InChI=1S/C19H22N2O3/c1-21(2)19(23)16-10-8-15(9-11-16)14-20-18(22)12-13-24-17-6-4-3-5-7-17/h3-11H,12-14H2,1-2H3,(H,20,22). The number of carbonyl (C=O) groups is 2. The summed E-state index contributed by atoms with van der Waals surface area (Å²) in [5, 5.41) is 2.84. The Kier molecular flexibility index (Phi) is 6.37. The Balaban J connectivity index is 1.72. The first-order chi connectivity index (χ1) is 11.6. The number of nitrogens with one attached hydrogen (secondary N) is 1. The number of nitrogens with zero attached hydrogens (tertiary/aromatic N) is 1. The molecule has 24 heavy (non-hydrogen) atoms. The third kappa shape index (κ3) is 5.43. The summed E-state index contributed by atoms with van der Waals surface area (Å²) in [6.07, 6.45) is 0.298. The third-order valence-corrected chi connectivity index (χ3v) is 3.44. The van der Waals surface area contributed by atoms with Crippen LogP contribution in [-0.2, 0) is 11.3 Å². The Morgan fingerprint density at radius 1 is 1.00 bits per heavy atom. The second-order valence-electron chi connectivity index (χ2n) is 5.58. The van der Waals surface area contributed by atoms with Crippen molar-refractivity contribution in [2.75, 3.05) is 20.7 Å². The molecule has 0 spiro atoms. The summed E-state index contributed by atoms with van der Waals surface area (Å²) in [5.74, 6) is 0.648. The van der Waals surface area contributed by atoms with E-state index in [9.17, 15) is 9.59 Å². The van der Waals surface area contributed by atoms with E-state index in [1.54, 1.807) is 26.2 Å². The molecule has 0 aliphatic heterocycles. The second kappa shape index (κ2) is 8.72. The fourth-order valence-corrected chi connectivity index (χ4v) is 2.09. The summed E-state index contributed by atoms with van der Waals surface area (Å²) < 4.78 is 5.49. The number of hydrogen-bond donors (Lipinski definition) is 1. The van der Waals surface area contributed by atoms with Crippen LogP contribution in [0.2, 0.25) is 0 Å². The van der Waals surface area contributed by atoms with E-state index in [1.165, 1.54) is 4.90 Å². The van der Waals surface area contributed by atoms with Crippen LogP contribution in [0.3, 0.4) is 0 Å². The average molecular weight is 326 g/mol. The van der Waals surface area contributed by atoms with Crippen LogP contribution in [0.1, 0.15) is 22.3 Å². The van der Waals surface area contributed by atoms with Gasteiger partial charge in [0.05, 0.1) is 13.0 Å². The number of rotatable bonds is 7. The van der Waals surface area contributed by atoms with E-state index >= 15 is 0 Å². The zero-order valence-corrected chi connectivity index (χ0v) is 14.0. The topological polar surface area (TPSA) is 58.6 Å². The minimum Gasteiger partial charge on any atom is -0.493 e. The summed E-state index contributed by atoms with van der Waals surface area (Å²) in [5.41, 5.74) is 1.58. The first-order valence-electron chi connectivity index (χ1n) is 7.81. The molecule has 5 nitrogen and oxygen atoms in total. The minimum absolute atomic E-state index is 0.0383. The molecule has 126 valence electrons. The fourth-order valence-electron chi connectivity index (χ4n) is 2.09. The maximum atomic E-state index is 11.8. The molecule has 0 radical (unpaired) electrons. The smallest absolute Gasteiger partial charge is 0.253 e. The molecule has 2 aromatic carbocycles. The van der Waals surface area contributed by atoms with Gasteiger partial charge >= 0.3 is 0 Å². The summed E-state index contributed by atoms with van der Waals surface area (Å²) in [7, 11) is 3.43. The zero-order chi connectivity index (χ0) is 17.4. The molecule has 0 unspecified atom stereocenters. The van der Waals surface area contributed by atoms with Gasteiger partial charge in [-0.1, -0.05) is 30.3 Å². The summed E-state index contributed by atoms with van der Waals surface area (Å²) in [6.45, 7) is 0.771. The molecule has 0 atom stereocenters. The molecule has 0 bridgehead atoms. The van der Waals surface area contributed by atoms with Gasteiger partial charge in [-0.05, 0) is 29.8 Å². The summed E-state index contributed by atoms with van der Waals surface area (Å²) in [4.78, 5) is 25.1. The fraction of sp³-hybridized carbons (Fsp3) is 0.263. The Morgan fingerprint density at radius 3 is 2.29 bits per heavy atom. The van der Waals surface area contributed by atoms with Crippen LogP contribution in [0.25, 0.3) is 0 Å². The first kappa shape index (κ1) is 17.5. The highest BCUT2D eigenvalue weighted by Gasteiger charge is 2.07. The van der Waals surface area contributed by atoms with Gasteiger partial charge in [-0.15, -0.1) is 0 Å². The van der Waals surface area contributed by atoms with Crippen LogP contribution in [0.15, 0.2) is 54.6 Å². The third-order valence-electron chi connectivity index (χ3n) is 3.44. The number of benzene rings is 2. The minimum atomic E-state index is -0.0700. The highest BCUT2D eigenvalue weighted by molar-refractivity contribution is 5.93. The van der Waals surface area contributed by atoms with Gasteiger partial charge < -0.3 is 15.0 Å². The Labute approximate surface area is 142 Å². The van der Waals surface area contributed by atoms with Crippen LogP contribution < -0.4 is 10.1 Å². The molecule has 0 aliphatic carbocycles. The van der Waals surface area contributed by atoms with Crippen molar-refractivity contribution in [3.05, 3.63) is 65.7 Å². The maximum Gasteiger partial charge on any atom is 0.253 e. The second-order valence-corrected chi connectivity index (χ2v) is 5.58. The Morgan fingerprint density at radius 2 is 1.67 bits per heavy atom. The van der Waals surface area contributed by atoms with Gasteiger partial charge in [0, 0.05) is 26.2 Å². The monoisotopic (exact) mass is 326 g/mol. The van der Waals surface area contributed by atoms with Gasteiger partial charge in [0.25, 0.3) is 5.91 Å². The molecule has 2 amide bonds. The van der Waals surface area contributed by atoms with E-state index in [-0.39, 0.29) is 11.8 Å². The number of carbonyl (C=O) groups excluding carboxylic acids is 2. The highest BCUT2D eigenvalue weighted by atomic mass is 16.5. The van der Waals surface area contributed by atoms with E-state index in [0.29, 0.717) is 25.1 Å². The molecule has 1 N–H and O–H groups in total. The first-order valence-corrected chi connectivity index (χ1v) is 7.81. The number of para-hydroxylation sites is 1. The van der Waals surface area contributed by atoms with E-state index in [4.69, 9.17) is 4.74 Å². The van der Waals surface area contributed by atoms with Gasteiger partial charge in [-0.2, -0.15) is 0 Å². The quantitative estimate of drug-likeness (QED) is 0.850. The van der Waals surface area contributed by atoms with Gasteiger partial charge in [0.1, 0.15) is 5.75 Å². The van der Waals surface area contributed by atoms with E-state index in [1.807, 2.05) is 42.5 Å². The van der Waals surface area contributed by atoms with Crippen molar-refractivity contribution in [3.8, 4) is 5.75 Å². The molecule has 0 aliphatic rings. The van der Waals surface area contributed by atoms with Gasteiger partial charge in [0.15, 0.2) is 0 Å². The molecule has 0 aromatic heterocycles. The predicted octanol–water partition coefficient (Wildman–Crippen LogP) is 2.47. The summed E-state index contributed by atoms with van der Waals surface area (Å²) in [6, 6.07) is 16.6. The lowest BCUT2D eigenvalue weighted by atomic mass is 10.1. The molecule has 2 rings (SSSR count). The van der Waals surface area contributed by atoms with E-state index < -0.39 is 0 Å². The maximum absolute atomic E-state index is 11.8. The molecule has 2 aromatic rings. The lowest BCUT2D eigenvalue weighted by Crippen LogP contribution is -2.24. The number of amides is 2. The number of hydrogen-bond acceptors (Lipinski definition) is 3. The van der Waals surface area contributed by atoms with Crippen LogP contribution in [0, 0.1) is 0 Å². The van der Waals surface area contributed by atoms with Crippen LogP contribution in [-0.4, -0.2) is 37.4 Å². The normalized spacial score (nSPS) is 10.1. The molecule has 0 saturated heterocycles. The zero-order valence-electron chi connectivity index (χ0n) is 14.0. The van der Waals surface area contributed by atoms with Gasteiger partial charge in [-0.3, -0.25) is 9.59 Å². The van der Waals surface area contributed by atoms with Crippen molar-refractivity contribution < 1.29 is 14.3 Å². The molecular weight excluding hydrogens is 304 g/mol. The lowest BCUT2D eigenvalue weighted by molar-refractivity contribution is -0.121. The van der Waals surface area contributed by atoms with Gasteiger partial charge in [-0.25, -0.2) is 0 Å². The molecule has 0 saturated carbocycles. The predicted molar refractivity (Wildman–Crippen MR) is 92.9 cm³/mol. The summed E-state index contributed by atoms with van der Waals surface area (Å²) >= 11 is 0. The van der Waals surface area contributed by atoms with Crippen molar-refractivity contribution in [1.29, 1.82) is 0 Å². The van der Waals surface area contributed by atoms with Crippen molar-refractivity contribution in [1.82, 2.24) is 10.2 Å². The SMILES string of the molecule is CN(C)C(=O)c1ccc(CNC(=O)CCOc2ccccc2)cc1. The molecule has 5 heteroatoms. The highest BCUT2D eigenvalue weighted by Crippen LogP contribution is 2.09. The molecular formula is C19H22N2O3.